The van der Waals surface area contributed by atoms with Gasteiger partial charge in [0, 0.05) is 0 Å². The number of benzene rings is 1. The number of rotatable bonds is 4. The van der Waals surface area contributed by atoms with Crippen LogP contribution in [0.15, 0.2) is 30.3 Å². The van der Waals surface area contributed by atoms with Gasteiger partial charge in [0.1, 0.15) is 29.9 Å². The fourth-order valence-electron chi connectivity index (χ4n) is 2.00. The first-order valence-electron chi connectivity index (χ1n) is 6.23. The first-order chi connectivity index (χ1) is 9.54. The minimum atomic E-state index is -1.46. The van der Waals surface area contributed by atoms with E-state index in [1.807, 2.05) is 18.2 Å². The van der Waals surface area contributed by atoms with Gasteiger partial charge >= 0.3 is 0 Å². The van der Waals surface area contributed by atoms with Crippen molar-refractivity contribution in [2.75, 3.05) is 6.61 Å². The van der Waals surface area contributed by atoms with Gasteiger partial charge in [-0.2, -0.15) is 0 Å². The third-order valence-electron chi connectivity index (χ3n) is 3.20. The zero-order chi connectivity index (χ0) is 14.7. The Hall–Kier alpha value is -0.670. The van der Waals surface area contributed by atoms with E-state index in [2.05, 4.69) is 12.6 Å². The first kappa shape index (κ1) is 15.7. The Morgan fingerprint density at radius 3 is 2.35 bits per heavy atom. The SMILES string of the molecule is OC[C@H]1O[C@H](OC(S)c2ccccc2)[C@H](O)[C@@H](O)[C@H]1O. The Morgan fingerprint density at radius 2 is 1.75 bits per heavy atom. The van der Waals surface area contributed by atoms with Crippen LogP contribution in [-0.2, 0) is 9.47 Å². The van der Waals surface area contributed by atoms with Gasteiger partial charge in [-0.15, -0.1) is 12.6 Å². The summed E-state index contributed by atoms with van der Waals surface area (Å²) in [6.07, 6.45) is -6.46. The quantitative estimate of drug-likeness (QED) is 0.377. The number of ether oxygens (including phenoxy) is 2. The average Bonchev–Trinajstić information content (AvgIpc) is 2.48. The molecule has 2 rings (SSSR count). The third kappa shape index (κ3) is 3.32. The summed E-state index contributed by atoms with van der Waals surface area (Å²) in [5, 5.41) is 38.2. The summed E-state index contributed by atoms with van der Waals surface area (Å²) in [6.45, 7) is -0.493. The summed E-state index contributed by atoms with van der Waals surface area (Å²) >= 11 is 4.26. The van der Waals surface area contributed by atoms with Gasteiger partial charge < -0.3 is 29.9 Å². The van der Waals surface area contributed by atoms with Crippen molar-refractivity contribution in [1.82, 2.24) is 0 Å². The molecule has 20 heavy (non-hydrogen) atoms. The minimum Gasteiger partial charge on any atom is -0.394 e. The lowest BCUT2D eigenvalue weighted by atomic mass is 9.99. The monoisotopic (exact) mass is 302 g/mol. The van der Waals surface area contributed by atoms with Gasteiger partial charge in [0.15, 0.2) is 6.29 Å². The zero-order valence-corrected chi connectivity index (χ0v) is 11.5. The molecule has 4 N–H and O–H groups in total. The van der Waals surface area contributed by atoms with Gasteiger partial charge in [-0.1, -0.05) is 30.3 Å². The van der Waals surface area contributed by atoms with Crippen LogP contribution in [0.4, 0.5) is 0 Å². The smallest absolute Gasteiger partial charge is 0.188 e. The Kier molecular flexibility index (Phi) is 5.39. The molecule has 1 saturated heterocycles. The van der Waals surface area contributed by atoms with E-state index in [0.717, 1.165) is 5.56 Å². The number of hydrogen-bond acceptors (Lipinski definition) is 7. The van der Waals surface area contributed by atoms with E-state index in [-0.39, 0.29) is 0 Å². The molecule has 1 fully saturated rings. The maximum Gasteiger partial charge on any atom is 0.188 e. The zero-order valence-electron chi connectivity index (χ0n) is 10.6. The lowest BCUT2D eigenvalue weighted by molar-refractivity contribution is -0.304. The molecule has 6 atom stereocenters. The van der Waals surface area contributed by atoms with Gasteiger partial charge in [0.05, 0.1) is 6.61 Å². The lowest BCUT2D eigenvalue weighted by Gasteiger charge is -2.40. The second-order valence-corrected chi connectivity index (χ2v) is 5.07. The van der Waals surface area contributed by atoms with E-state index in [9.17, 15) is 15.3 Å². The summed E-state index contributed by atoms with van der Waals surface area (Å²) < 4.78 is 10.7. The molecular formula is C13H18O6S. The molecule has 0 aliphatic carbocycles. The van der Waals surface area contributed by atoms with Gasteiger partial charge in [0.2, 0.25) is 0 Å². The van der Waals surface area contributed by atoms with E-state index in [1.54, 1.807) is 12.1 Å². The second-order valence-electron chi connectivity index (χ2n) is 4.60. The van der Waals surface area contributed by atoms with Crippen molar-refractivity contribution < 1.29 is 29.9 Å². The van der Waals surface area contributed by atoms with Crippen molar-refractivity contribution in [3.63, 3.8) is 0 Å². The molecule has 0 bridgehead atoms. The standard InChI is InChI=1S/C13H18O6S/c14-6-8-9(15)10(16)11(17)12(18-8)19-13(20)7-4-2-1-3-5-7/h1-5,8-17,20H,6H2/t8-,9+,10+,11-,12-,13?/m1/s1. The van der Waals surface area contributed by atoms with Crippen molar-refractivity contribution in [3.8, 4) is 0 Å². The largest absolute Gasteiger partial charge is 0.394 e. The van der Waals surface area contributed by atoms with Crippen LogP contribution < -0.4 is 0 Å². The Labute approximate surface area is 122 Å². The van der Waals surface area contributed by atoms with Crippen molar-refractivity contribution in [2.45, 2.75) is 36.1 Å². The molecule has 1 aromatic rings. The highest BCUT2D eigenvalue weighted by Crippen LogP contribution is 2.29. The van der Waals surface area contributed by atoms with Crippen LogP contribution in [0.5, 0.6) is 0 Å². The van der Waals surface area contributed by atoms with E-state index in [0.29, 0.717) is 0 Å². The fraction of sp³-hybridized carbons (Fsp3) is 0.538. The van der Waals surface area contributed by atoms with Crippen LogP contribution in [-0.4, -0.2) is 57.7 Å². The van der Waals surface area contributed by atoms with Crippen molar-refractivity contribution >= 4 is 12.6 Å². The molecule has 1 aromatic carbocycles. The summed E-state index contributed by atoms with van der Waals surface area (Å²) in [5.74, 6) is 0. The molecule has 6 nitrogen and oxygen atoms in total. The summed E-state index contributed by atoms with van der Waals surface area (Å²) in [5.41, 5.74) is 0.0884. The van der Waals surface area contributed by atoms with Gasteiger partial charge in [-0.3, -0.25) is 0 Å². The highest BCUT2D eigenvalue weighted by molar-refractivity contribution is 7.80. The highest BCUT2D eigenvalue weighted by Gasteiger charge is 2.44. The minimum absolute atomic E-state index is 0.493. The predicted octanol–water partition coefficient (Wildman–Crippen LogP) is -0.569. The normalized spacial score (nSPS) is 35.8. The molecule has 1 unspecified atom stereocenters. The molecule has 0 aromatic heterocycles. The van der Waals surface area contributed by atoms with Crippen LogP contribution in [0.25, 0.3) is 0 Å². The maximum atomic E-state index is 9.84. The number of hydrogen-bond donors (Lipinski definition) is 5. The van der Waals surface area contributed by atoms with Crippen molar-refractivity contribution in [2.24, 2.45) is 0 Å². The molecule has 7 heteroatoms. The average molecular weight is 302 g/mol. The molecule has 1 aliphatic rings. The Morgan fingerprint density at radius 1 is 1.10 bits per heavy atom. The molecular weight excluding hydrogens is 284 g/mol. The maximum absolute atomic E-state index is 9.84. The van der Waals surface area contributed by atoms with E-state index in [4.69, 9.17) is 14.6 Å². The number of aliphatic hydroxyl groups is 4. The Bertz CT molecular complexity index is 415. The number of thiol groups is 1. The van der Waals surface area contributed by atoms with Crippen molar-refractivity contribution in [3.05, 3.63) is 35.9 Å². The lowest BCUT2D eigenvalue weighted by Crippen LogP contribution is -2.59. The fourth-order valence-corrected chi connectivity index (χ4v) is 2.30. The van der Waals surface area contributed by atoms with Crippen LogP contribution >= 0.6 is 12.6 Å². The molecule has 0 amide bonds. The van der Waals surface area contributed by atoms with Gasteiger partial charge in [0.25, 0.3) is 0 Å². The first-order valence-corrected chi connectivity index (χ1v) is 6.75. The van der Waals surface area contributed by atoms with Crippen LogP contribution in [0.3, 0.4) is 0 Å². The second kappa shape index (κ2) is 6.86. The molecule has 1 aliphatic heterocycles. The van der Waals surface area contributed by atoms with Crippen LogP contribution in [0.1, 0.15) is 11.0 Å². The molecule has 112 valence electrons. The van der Waals surface area contributed by atoms with Gasteiger partial charge in [-0.25, -0.2) is 0 Å². The molecule has 0 saturated carbocycles. The topological polar surface area (TPSA) is 99.4 Å². The van der Waals surface area contributed by atoms with E-state index < -0.39 is 42.7 Å². The van der Waals surface area contributed by atoms with E-state index in [1.165, 1.54) is 0 Å². The summed E-state index contributed by atoms with van der Waals surface area (Å²) in [6, 6.07) is 9.06. The van der Waals surface area contributed by atoms with E-state index >= 15 is 0 Å². The Balaban J connectivity index is 2.04. The highest BCUT2D eigenvalue weighted by atomic mass is 32.1. The molecule has 0 radical (unpaired) electrons. The predicted molar refractivity (Wildman–Crippen MR) is 73.0 cm³/mol. The summed E-state index contributed by atoms with van der Waals surface area (Å²) in [4.78, 5) is 0. The van der Waals surface area contributed by atoms with Crippen LogP contribution in [0.2, 0.25) is 0 Å². The molecule has 1 heterocycles. The summed E-state index contributed by atoms with van der Waals surface area (Å²) in [7, 11) is 0. The van der Waals surface area contributed by atoms with Crippen LogP contribution in [0, 0.1) is 0 Å². The van der Waals surface area contributed by atoms with Gasteiger partial charge in [-0.05, 0) is 5.56 Å². The number of aliphatic hydroxyl groups excluding tert-OH is 4. The van der Waals surface area contributed by atoms with Crippen molar-refractivity contribution in [1.29, 1.82) is 0 Å². The third-order valence-corrected chi connectivity index (χ3v) is 3.62. The molecule has 0 spiro atoms.